The van der Waals surface area contributed by atoms with Crippen LogP contribution in [0.5, 0.6) is 0 Å². The Morgan fingerprint density at radius 1 is 1.56 bits per heavy atom. The van der Waals surface area contributed by atoms with E-state index in [1.54, 1.807) is 17.2 Å². The second-order valence-electron chi connectivity index (χ2n) is 4.20. The maximum absolute atomic E-state index is 12.1. The number of hydrogen-bond donors (Lipinski definition) is 2. The smallest absolute Gasteiger partial charge is 0.272 e. The molecule has 3 rings (SSSR count). The average molecular weight is 220 g/mol. The molecule has 1 aromatic rings. The SMILES string of the molecule is O=C1C[C@@H]2[C@@H](CCN2C(=O)c2ccn[nH]2)N1. The lowest BCUT2D eigenvalue weighted by atomic mass is 10.1. The average Bonchev–Trinajstić information content (AvgIpc) is 2.90. The fourth-order valence-electron chi connectivity index (χ4n) is 2.51. The maximum Gasteiger partial charge on any atom is 0.272 e. The molecule has 0 unspecified atom stereocenters. The lowest BCUT2D eigenvalue weighted by Crippen LogP contribution is -2.38. The van der Waals surface area contributed by atoms with E-state index in [4.69, 9.17) is 0 Å². The van der Waals surface area contributed by atoms with Crippen molar-refractivity contribution in [3.8, 4) is 0 Å². The molecule has 6 heteroatoms. The van der Waals surface area contributed by atoms with Gasteiger partial charge in [0.2, 0.25) is 5.91 Å². The van der Waals surface area contributed by atoms with Crippen LogP contribution in [0.3, 0.4) is 0 Å². The first kappa shape index (κ1) is 9.38. The first-order valence-electron chi connectivity index (χ1n) is 5.35. The molecule has 2 amide bonds. The minimum absolute atomic E-state index is 0.0169. The van der Waals surface area contributed by atoms with Crippen molar-refractivity contribution in [1.82, 2.24) is 20.4 Å². The summed E-state index contributed by atoms with van der Waals surface area (Å²) in [5.41, 5.74) is 0.486. The number of fused-ring (bicyclic) bond motifs is 1. The number of aromatic nitrogens is 2. The van der Waals surface area contributed by atoms with Gasteiger partial charge in [-0.05, 0) is 12.5 Å². The Morgan fingerprint density at radius 3 is 3.19 bits per heavy atom. The molecule has 2 aliphatic heterocycles. The van der Waals surface area contributed by atoms with E-state index in [9.17, 15) is 9.59 Å². The van der Waals surface area contributed by atoms with E-state index < -0.39 is 0 Å². The second kappa shape index (κ2) is 3.33. The first-order chi connectivity index (χ1) is 7.75. The summed E-state index contributed by atoms with van der Waals surface area (Å²) in [4.78, 5) is 25.1. The van der Waals surface area contributed by atoms with Crippen LogP contribution in [0.25, 0.3) is 0 Å². The lowest BCUT2D eigenvalue weighted by Gasteiger charge is -2.21. The highest BCUT2D eigenvalue weighted by molar-refractivity contribution is 5.93. The molecule has 2 fully saturated rings. The molecule has 0 aliphatic carbocycles. The zero-order chi connectivity index (χ0) is 11.1. The van der Waals surface area contributed by atoms with E-state index in [1.807, 2.05) is 0 Å². The number of nitrogens with zero attached hydrogens (tertiary/aromatic N) is 2. The van der Waals surface area contributed by atoms with Gasteiger partial charge in [0.1, 0.15) is 5.69 Å². The van der Waals surface area contributed by atoms with Crippen LogP contribution in [0.1, 0.15) is 23.3 Å². The van der Waals surface area contributed by atoms with Crippen molar-refractivity contribution in [3.05, 3.63) is 18.0 Å². The third kappa shape index (κ3) is 1.30. The summed E-state index contributed by atoms with van der Waals surface area (Å²) >= 11 is 0. The van der Waals surface area contributed by atoms with Gasteiger partial charge in [0, 0.05) is 19.2 Å². The fourth-order valence-corrected chi connectivity index (χ4v) is 2.51. The third-order valence-corrected chi connectivity index (χ3v) is 3.28. The number of aromatic amines is 1. The van der Waals surface area contributed by atoms with Crippen molar-refractivity contribution in [2.45, 2.75) is 24.9 Å². The van der Waals surface area contributed by atoms with E-state index in [-0.39, 0.29) is 23.9 Å². The van der Waals surface area contributed by atoms with Crippen molar-refractivity contribution in [2.24, 2.45) is 0 Å². The summed E-state index contributed by atoms with van der Waals surface area (Å²) in [7, 11) is 0. The highest BCUT2D eigenvalue weighted by Crippen LogP contribution is 2.26. The maximum atomic E-state index is 12.1. The number of carbonyl (C=O) groups is 2. The van der Waals surface area contributed by atoms with Crippen LogP contribution in [0.4, 0.5) is 0 Å². The quantitative estimate of drug-likeness (QED) is 0.670. The highest BCUT2D eigenvalue weighted by atomic mass is 16.2. The molecule has 1 aromatic heterocycles. The molecule has 3 heterocycles. The molecular formula is C10H12N4O2. The number of H-pyrrole nitrogens is 1. The van der Waals surface area contributed by atoms with Crippen molar-refractivity contribution >= 4 is 11.8 Å². The summed E-state index contributed by atoms with van der Waals surface area (Å²) in [6.45, 7) is 0.702. The molecule has 2 N–H and O–H groups in total. The van der Waals surface area contributed by atoms with E-state index in [0.29, 0.717) is 18.7 Å². The molecule has 0 spiro atoms. The lowest BCUT2D eigenvalue weighted by molar-refractivity contribution is -0.119. The molecule has 2 atom stereocenters. The van der Waals surface area contributed by atoms with Gasteiger partial charge < -0.3 is 10.2 Å². The number of hydrogen-bond acceptors (Lipinski definition) is 3. The minimum atomic E-state index is -0.0681. The van der Waals surface area contributed by atoms with E-state index in [2.05, 4.69) is 15.5 Å². The summed E-state index contributed by atoms with van der Waals surface area (Å²) in [5.74, 6) is -0.0291. The van der Waals surface area contributed by atoms with Crippen molar-refractivity contribution < 1.29 is 9.59 Å². The first-order valence-corrected chi connectivity index (χ1v) is 5.35. The predicted octanol–water partition coefficient (Wildman–Crippen LogP) is -0.487. The Morgan fingerprint density at radius 2 is 2.44 bits per heavy atom. The van der Waals surface area contributed by atoms with Crippen molar-refractivity contribution in [2.75, 3.05) is 6.54 Å². The van der Waals surface area contributed by atoms with Crippen molar-refractivity contribution in [1.29, 1.82) is 0 Å². The molecule has 0 bridgehead atoms. The number of nitrogens with one attached hydrogen (secondary N) is 2. The fraction of sp³-hybridized carbons (Fsp3) is 0.500. The summed E-state index contributed by atoms with van der Waals surface area (Å²) in [6.07, 6.45) is 2.82. The molecule has 0 radical (unpaired) electrons. The Bertz CT molecular complexity index is 428. The molecule has 16 heavy (non-hydrogen) atoms. The van der Waals surface area contributed by atoms with Gasteiger partial charge in [0.15, 0.2) is 0 Å². The molecule has 2 saturated heterocycles. The molecule has 84 valence electrons. The minimum Gasteiger partial charge on any atom is -0.351 e. The van der Waals surface area contributed by atoms with E-state index >= 15 is 0 Å². The molecular weight excluding hydrogens is 208 g/mol. The van der Waals surface area contributed by atoms with Gasteiger partial charge in [-0.1, -0.05) is 0 Å². The van der Waals surface area contributed by atoms with Crippen LogP contribution in [-0.4, -0.2) is 45.5 Å². The third-order valence-electron chi connectivity index (χ3n) is 3.28. The summed E-state index contributed by atoms with van der Waals surface area (Å²) in [5, 5.41) is 9.31. The normalized spacial score (nSPS) is 28.0. The molecule has 0 aromatic carbocycles. The topological polar surface area (TPSA) is 78.1 Å². The monoisotopic (exact) mass is 220 g/mol. The zero-order valence-corrected chi connectivity index (χ0v) is 8.64. The number of carbonyl (C=O) groups excluding carboxylic acids is 2. The van der Waals surface area contributed by atoms with Crippen LogP contribution in [-0.2, 0) is 4.79 Å². The Balaban J connectivity index is 1.81. The zero-order valence-electron chi connectivity index (χ0n) is 8.64. The van der Waals surface area contributed by atoms with Crippen LogP contribution in [0, 0.1) is 0 Å². The number of rotatable bonds is 1. The van der Waals surface area contributed by atoms with E-state index in [1.165, 1.54) is 0 Å². The Kier molecular flexibility index (Phi) is 1.95. The van der Waals surface area contributed by atoms with Crippen LogP contribution in [0.2, 0.25) is 0 Å². The van der Waals surface area contributed by atoms with Crippen LogP contribution < -0.4 is 5.32 Å². The largest absolute Gasteiger partial charge is 0.351 e. The van der Waals surface area contributed by atoms with Gasteiger partial charge in [-0.15, -0.1) is 0 Å². The summed E-state index contributed by atoms with van der Waals surface area (Å²) in [6, 6.07) is 1.81. The van der Waals surface area contributed by atoms with E-state index in [0.717, 1.165) is 6.42 Å². The highest BCUT2D eigenvalue weighted by Gasteiger charge is 2.43. The van der Waals surface area contributed by atoms with Gasteiger partial charge in [-0.2, -0.15) is 5.10 Å². The van der Waals surface area contributed by atoms with Crippen molar-refractivity contribution in [3.63, 3.8) is 0 Å². The van der Waals surface area contributed by atoms with Crippen LogP contribution in [0.15, 0.2) is 12.3 Å². The second-order valence-corrected chi connectivity index (χ2v) is 4.20. The van der Waals surface area contributed by atoms with Crippen LogP contribution >= 0.6 is 0 Å². The standard InChI is InChI=1S/C10H12N4O2/c15-9-5-8-6(12-9)2-4-14(8)10(16)7-1-3-11-13-7/h1,3,6,8H,2,4-5H2,(H,11,13)(H,12,15)/t6-,8-/m1/s1. The predicted molar refractivity (Wildman–Crippen MR) is 54.6 cm³/mol. The Labute approximate surface area is 92.0 Å². The number of likely N-dealkylation sites (tertiary alicyclic amines) is 1. The van der Waals surface area contributed by atoms with Gasteiger partial charge in [0.25, 0.3) is 5.91 Å². The summed E-state index contributed by atoms with van der Waals surface area (Å²) < 4.78 is 0. The molecule has 2 aliphatic rings. The van der Waals surface area contributed by atoms with Gasteiger partial charge in [-0.25, -0.2) is 0 Å². The van der Waals surface area contributed by atoms with Gasteiger partial charge >= 0.3 is 0 Å². The number of amides is 2. The van der Waals surface area contributed by atoms with Gasteiger partial charge in [-0.3, -0.25) is 14.7 Å². The Hall–Kier alpha value is -1.85. The molecule has 6 nitrogen and oxygen atoms in total. The van der Waals surface area contributed by atoms with Gasteiger partial charge in [0.05, 0.1) is 12.1 Å². The molecule has 0 saturated carbocycles.